The molecule has 1 unspecified atom stereocenters. The van der Waals surface area contributed by atoms with Crippen molar-refractivity contribution in [3.05, 3.63) is 74.9 Å². The molecule has 0 radical (unpaired) electrons. The number of rotatable bonds is 2. The molecular weight excluding hydrogens is 405 g/mol. The summed E-state index contributed by atoms with van der Waals surface area (Å²) in [5, 5.41) is 0.827. The molecule has 0 spiro atoms. The lowest BCUT2D eigenvalue weighted by Crippen LogP contribution is -2.43. The zero-order valence-electron chi connectivity index (χ0n) is 16.8. The van der Waals surface area contributed by atoms with Gasteiger partial charge in [-0.05, 0) is 42.5 Å². The van der Waals surface area contributed by atoms with Gasteiger partial charge in [-0.3, -0.25) is 14.5 Å². The van der Waals surface area contributed by atoms with E-state index in [1.54, 1.807) is 23.1 Å². The van der Waals surface area contributed by atoms with E-state index in [1.165, 1.54) is 0 Å². The maximum absolute atomic E-state index is 13.3. The van der Waals surface area contributed by atoms with Gasteiger partial charge in [0.05, 0.1) is 15.7 Å². The highest BCUT2D eigenvalue weighted by Gasteiger charge is 2.44. The van der Waals surface area contributed by atoms with Crippen LogP contribution >= 0.6 is 23.2 Å². The van der Waals surface area contributed by atoms with Crippen molar-refractivity contribution in [3.8, 4) is 0 Å². The fourth-order valence-corrected chi connectivity index (χ4v) is 4.80. The number of aryl methyl sites for hydroxylation is 1. The molecule has 0 bridgehead atoms. The lowest BCUT2D eigenvalue weighted by atomic mass is 9.69. The molecule has 2 aliphatic rings. The first-order valence-corrected chi connectivity index (χ1v) is 10.5. The van der Waals surface area contributed by atoms with E-state index in [2.05, 4.69) is 19.9 Å². The molecule has 2 aromatic rings. The summed E-state index contributed by atoms with van der Waals surface area (Å²) in [5.74, 6) is -0.112. The zero-order chi connectivity index (χ0) is 20.9. The van der Waals surface area contributed by atoms with Crippen molar-refractivity contribution in [1.29, 1.82) is 0 Å². The van der Waals surface area contributed by atoms with E-state index >= 15 is 0 Å². The van der Waals surface area contributed by atoms with Crippen LogP contribution in [-0.2, 0) is 9.59 Å². The second kappa shape index (κ2) is 7.30. The predicted octanol–water partition coefficient (Wildman–Crippen LogP) is 6.47. The van der Waals surface area contributed by atoms with E-state index < -0.39 is 0 Å². The molecule has 1 amide bonds. The Morgan fingerprint density at radius 2 is 1.76 bits per heavy atom. The summed E-state index contributed by atoms with van der Waals surface area (Å²) in [4.78, 5) is 28.3. The number of nitrogens with zero attached hydrogens (tertiary/aromatic N) is 1. The first kappa shape index (κ1) is 20.2. The van der Waals surface area contributed by atoms with E-state index in [-0.39, 0.29) is 29.4 Å². The largest absolute Gasteiger partial charge is 0.294 e. The van der Waals surface area contributed by atoms with Crippen LogP contribution in [0.15, 0.2) is 53.7 Å². The number of anilines is 1. The van der Waals surface area contributed by atoms with E-state index in [9.17, 15) is 9.59 Å². The monoisotopic (exact) mass is 427 g/mol. The molecule has 0 saturated carbocycles. The number of hydrogen-bond acceptors (Lipinski definition) is 2. The molecule has 5 heteroatoms. The number of allylic oxidation sites excluding steroid dienone is 2. The van der Waals surface area contributed by atoms with E-state index in [0.29, 0.717) is 28.6 Å². The van der Waals surface area contributed by atoms with E-state index in [4.69, 9.17) is 23.2 Å². The van der Waals surface area contributed by atoms with E-state index in [1.807, 2.05) is 25.1 Å². The third kappa shape index (κ3) is 3.74. The minimum absolute atomic E-state index is 0.0286. The van der Waals surface area contributed by atoms with Gasteiger partial charge in [0.25, 0.3) is 0 Å². The standard InChI is InChI=1S/C24H23Cl2NO2/c1-14-5-4-6-15(9-14)17-11-22(29)27(16-7-8-18(25)19(26)10-16)20-12-24(2,3)13-21(28)23(17)20/h4-10,17H,11-13H2,1-3H3. The van der Waals surface area contributed by atoms with Gasteiger partial charge in [-0.25, -0.2) is 0 Å². The summed E-state index contributed by atoms with van der Waals surface area (Å²) in [6.07, 6.45) is 1.40. The van der Waals surface area contributed by atoms with Crippen LogP contribution < -0.4 is 4.90 Å². The second-order valence-electron chi connectivity index (χ2n) is 8.80. The van der Waals surface area contributed by atoms with Crippen LogP contribution in [0.3, 0.4) is 0 Å². The highest BCUT2D eigenvalue weighted by Crippen LogP contribution is 2.48. The Balaban J connectivity index is 1.91. The van der Waals surface area contributed by atoms with Gasteiger partial charge in [-0.1, -0.05) is 66.9 Å². The van der Waals surface area contributed by atoms with Crippen LogP contribution in [-0.4, -0.2) is 11.7 Å². The van der Waals surface area contributed by atoms with Crippen molar-refractivity contribution in [1.82, 2.24) is 0 Å². The van der Waals surface area contributed by atoms with Gasteiger partial charge in [-0.15, -0.1) is 0 Å². The zero-order valence-corrected chi connectivity index (χ0v) is 18.3. The van der Waals surface area contributed by atoms with Crippen LogP contribution in [0.4, 0.5) is 5.69 Å². The number of benzene rings is 2. The van der Waals surface area contributed by atoms with Gasteiger partial charge in [0, 0.05) is 30.0 Å². The molecule has 2 aromatic carbocycles. The number of hydrogen-bond donors (Lipinski definition) is 0. The second-order valence-corrected chi connectivity index (χ2v) is 9.61. The van der Waals surface area contributed by atoms with Gasteiger partial charge in [-0.2, -0.15) is 0 Å². The van der Waals surface area contributed by atoms with Crippen molar-refractivity contribution in [2.45, 2.75) is 46.0 Å². The Labute approximate surface area is 181 Å². The first-order chi connectivity index (χ1) is 13.7. The van der Waals surface area contributed by atoms with Crippen LogP contribution in [0, 0.1) is 12.3 Å². The number of Topliss-reactive ketones (excluding diaryl/α,β-unsaturated/α-hetero) is 1. The molecule has 1 atom stereocenters. The highest BCUT2D eigenvalue weighted by atomic mass is 35.5. The van der Waals surface area contributed by atoms with Gasteiger partial charge in [0.15, 0.2) is 5.78 Å². The summed E-state index contributed by atoms with van der Waals surface area (Å²) in [6.45, 7) is 6.17. The summed E-state index contributed by atoms with van der Waals surface area (Å²) in [7, 11) is 0. The average molecular weight is 428 g/mol. The molecule has 1 aliphatic heterocycles. The molecule has 1 heterocycles. The minimum Gasteiger partial charge on any atom is -0.294 e. The number of carbonyl (C=O) groups is 2. The highest BCUT2D eigenvalue weighted by molar-refractivity contribution is 6.42. The topological polar surface area (TPSA) is 37.4 Å². The van der Waals surface area contributed by atoms with Gasteiger partial charge >= 0.3 is 0 Å². The SMILES string of the molecule is Cc1cccc(C2CC(=O)N(c3ccc(Cl)c(Cl)c3)C3=C2C(=O)CC(C)(C)C3)c1. The first-order valence-electron chi connectivity index (χ1n) is 9.77. The number of carbonyl (C=O) groups excluding carboxylic acids is 2. The fourth-order valence-electron chi connectivity index (χ4n) is 4.51. The lowest BCUT2D eigenvalue weighted by Gasteiger charge is -2.43. The Bertz CT molecular complexity index is 1050. The molecular formula is C24H23Cl2NO2. The van der Waals surface area contributed by atoms with Crippen molar-refractivity contribution in [2.24, 2.45) is 5.41 Å². The van der Waals surface area contributed by atoms with Crippen molar-refractivity contribution >= 4 is 40.6 Å². The van der Waals surface area contributed by atoms with Gasteiger partial charge < -0.3 is 0 Å². The van der Waals surface area contributed by atoms with Crippen LogP contribution in [0.25, 0.3) is 0 Å². The summed E-state index contributed by atoms with van der Waals surface area (Å²) < 4.78 is 0. The molecule has 0 N–H and O–H groups in total. The maximum Gasteiger partial charge on any atom is 0.232 e. The smallest absolute Gasteiger partial charge is 0.232 e. The Morgan fingerprint density at radius 3 is 2.45 bits per heavy atom. The van der Waals surface area contributed by atoms with Crippen molar-refractivity contribution in [2.75, 3.05) is 4.90 Å². The molecule has 29 heavy (non-hydrogen) atoms. The molecule has 0 fully saturated rings. The number of ketones is 1. The summed E-state index contributed by atoms with van der Waals surface area (Å²) >= 11 is 12.3. The molecule has 0 saturated heterocycles. The summed E-state index contributed by atoms with van der Waals surface area (Å²) in [5.41, 5.74) is 4.15. The molecule has 0 aromatic heterocycles. The predicted molar refractivity (Wildman–Crippen MR) is 118 cm³/mol. The van der Waals surface area contributed by atoms with E-state index in [0.717, 1.165) is 22.4 Å². The molecule has 3 nitrogen and oxygen atoms in total. The Kier molecular flexibility index (Phi) is 5.08. The number of amides is 1. The fraction of sp³-hybridized carbons (Fsp3) is 0.333. The molecule has 4 rings (SSSR count). The summed E-state index contributed by atoms with van der Waals surface area (Å²) in [6, 6.07) is 13.3. The average Bonchev–Trinajstić information content (AvgIpc) is 2.62. The molecule has 150 valence electrons. The maximum atomic E-state index is 13.3. The minimum atomic E-state index is -0.209. The van der Waals surface area contributed by atoms with Gasteiger partial charge in [0.1, 0.15) is 0 Å². The van der Waals surface area contributed by atoms with Crippen molar-refractivity contribution < 1.29 is 9.59 Å². The van der Waals surface area contributed by atoms with Crippen LogP contribution in [0.5, 0.6) is 0 Å². The quantitative estimate of drug-likeness (QED) is 0.550. The van der Waals surface area contributed by atoms with Crippen molar-refractivity contribution in [3.63, 3.8) is 0 Å². The van der Waals surface area contributed by atoms with Gasteiger partial charge in [0.2, 0.25) is 5.91 Å². The van der Waals surface area contributed by atoms with Crippen LogP contribution in [0.1, 0.15) is 50.2 Å². The third-order valence-corrected chi connectivity index (χ3v) is 6.49. The Morgan fingerprint density at radius 1 is 1.00 bits per heavy atom. The normalized spacial score (nSPS) is 21.4. The third-order valence-electron chi connectivity index (χ3n) is 5.75. The number of halogens is 2. The Hall–Kier alpha value is -2.10. The molecule has 1 aliphatic carbocycles. The van der Waals surface area contributed by atoms with Crippen LogP contribution in [0.2, 0.25) is 10.0 Å². The lowest BCUT2D eigenvalue weighted by molar-refractivity contribution is -0.121.